The van der Waals surface area contributed by atoms with Crippen molar-refractivity contribution in [1.82, 2.24) is 15.1 Å². The number of nitrogens with zero attached hydrogens (tertiary/aromatic N) is 3. The van der Waals surface area contributed by atoms with Crippen LogP contribution in [0.1, 0.15) is 26.2 Å². The van der Waals surface area contributed by atoms with E-state index in [1.807, 2.05) is 6.92 Å². The highest BCUT2D eigenvalue weighted by Crippen LogP contribution is 2.19. The summed E-state index contributed by atoms with van der Waals surface area (Å²) in [5, 5.41) is 11.6. The van der Waals surface area contributed by atoms with Gasteiger partial charge in [-0.25, -0.2) is 0 Å². The molecule has 100 valence electrons. The van der Waals surface area contributed by atoms with Crippen LogP contribution in [-0.2, 0) is 4.79 Å². The van der Waals surface area contributed by atoms with Crippen molar-refractivity contribution in [3.8, 4) is 6.07 Å². The number of nitrogens with one attached hydrogen (secondary N) is 1. The van der Waals surface area contributed by atoms with Gasteiger partial charge in [-0.05, 0) is 19.8 Å². The second-order valence-corrected chi connectivity index (χ2v) is 5.24. The van der Waals surface area contributed by atoms with Crippen molar-refractivity contribution in [2.45, 2.75) is 38.3 Å². The van der Waals surface area contributed by atoms with Crippen molar-refractivity contribution in [1.29, 1.82) is 5.26 Å². The van der Waals surface area contributed by atoms with Gasteiger partial charge in [0.05, 0.1) is 12.1 Å². The summed E-state index contributed by atoms with van der Waals surface area (Å²) >= 11 is 0. The Balaban J connectivity index is 1.71. The maximum atomic E-state index is 11.9. The number of piperazine rings is 1. The molecule has 0 aromatic rings. The lowest BCUT2D eigenvalue weighted by molar-refractivity contribution is -0.126. The molecule has 0 unspecified atom stereocenters. The van der Waals surface area contributed by atoms with E-state index in [-0.39, 0.29) is 11.9 Å². The van der Waals surface area contributed by atoms with Gasteiger partial charge in [0, 0.05) is 45.2 Å². The maximum absolute atomic E-state index is 11.9. The van der Waals surface area contributed by atoms with Gasteiger partial charge in [0.25, 0.3) is 0 Å². The maximum Gasteiger partial charge on any atom is 0.237 e. The molecule has 1 atom stereocenters. The van der Waals surface area contributed by atoms with Gasteiger partial charge in [-0.1, -0.05) is 0 Å². The summed E-state index contributed by atoms with van der Waals surface area (Å²) in [7, 11) is 0. The first-order valence-electron chi connectivity index (χ1n) is 6.84. The quantitative estimate of drug-likeness (QED) is 0.756. The van der Waals surface area contributed by atoms with Crippen LogP contribution in [-0.4, -0.2) is 60.5 Å². The molecule has 1 N–H and O–H groups in total. The van der Waals surface area contributed by atoms with Crippen LogP contribution >= 0.6 is 0 Å². The minimum atomic E-state index is -0.0243. The monoisotopic (exact) mass is 250 g/mol. The third-order valence-corrected chi connectivity index (χ3v) is 3.80. The summed E-state index contributed by atoms with van der Waals surface area (Å²) in [6, 6.07) is 2.59. The third kappa shape index (κ3) is 3.69. The summed E-state index contributed by atoms with van der Waals surface area (Å²) in [5.74, 6) is 0.169. The van der Waals surface area contributed by atoms with Crippen LogP contribution in [0, 0.1) is 11.3 Å². The zero-order chi connectivity index (χ0) is 13.0. The highest BCUT2D eigenvalue weighted by molar-refractivity contribution is 5.81. The van der Waals surface area contributed by atoms with E-state index in [1.165, 1.54) is 0 Å². The van der Waals surface area contributed by atoms with E-state index in [1.54, 1.807) is 0 Å². The largest absolute Gasteiger partial charge is 0.352 e. The second kappa shape index (κ2) is 6.17. The number of carbonyl (C=O) groups excluding carboxylic acids is 1. The normalized spacial score (nSPS) is 23.3. The van der Waals surface area contributed by atoms with E-state index in [0.717, 1.165) is 45.6 Å². The molecule has 1 aliphatic heterocycles. The van der Waals surface area contributed by atoms with Crippen molar-refractivity contribution in [2.75, 3.05) is 32.7 Å². The molecule has 0 aromatic carbocycles. The average Bonchev–Trinajstić information content (AvgIpc) is 3.20. The Morgan fingerprint density at radius 3 is 2.61 bits per heavy atom. The zero-order valence-electron chi connectivity index (χ0n) is 11.1. The highest BCUT2D eigenvalue weighted by atomic mass is 16.2. The smallest absolute Gasteiger partial charge is 0.237 e. The molecule has 2 aliphatic rings. The number of carbonyl (C=O) groups is 1. The molecule has 0 spiro atoms. The Kier molecular flexibility index (Phi) is 4.56. The molecule has 1 saturated carbocycles. The Morgan fingerprint density at radius 2 is 2.06 bits per heavy atom. The number of rotatable bonds is 5. The summed E-state index contributed by atoms with van der Waals surface area (Å²) in [4.78, 5) is 16.5. The molecule has 0 bridgehead atoms. The molecule has 18 heavy (non-hydrogen) atoms. The first kappa shape index (κ1) is 13.3. The van der Waals surface area contributed by atoms with Crippen LogP contribution in [0.2, 0.25) is 0 Å². The molecule has 0 radical (unpaired) electrons. The molecule has 5 heteroatoms. The van der Waals surface area contributed by atoms with Crippen LogP contribution in [0.15, 0.2) is 0 Å². The summed E-state index contributed by atoms with van der Waals surface area (Å²) < 4.78 is 0. The van der Waals surface area contributed by atoms with Crippen LogP contribution in [0.25, 0.3) is 0 Å². The lowest BCUT2D eigenvalue weighted by Crippen LogP contribution is -2.54. The van der Waals surface area contributed by atoms with Crippen molar-refractivity contribution in [2.24, 2.45) is 0 Å². The van der Waals surface area contributed by atoms with E-state index in [4.69, 9.17) is 5.26 Å². The molecule has 0 aromatic heterocycles. The Hall–Kier alpha value is -1.12. The molecule has 1 saturated heterocycles. The number of amides is 1. The lowest BCUT2D eigenvalue weighted by Gasteiger charge is -2.37. The molecular weight excluding hydrogens is 228 g/mol. The van der Waals surface area contributed by atoms with Gasteiger partial charge in [-0.3, -0.25) is 14.6 Å². The molecule has 2 fully saturated rings. The van der Waals surface area contributed by atoms with E-state index in [2.05, 4.69) is 21.2 Å². The van der Waals surface area contributed by atoms with Gasteiger partial charge in [0.1, 0.15) is 0 Å². The molecular formula is C13H22N4O. The van der Waals surface area contributed by atoms with Gasteiger partial charge < -0.3 is 5.32 Å². The fraction of sp³-hybridized carbons (Fsp3) is 0.846. The van der Waals surface area contributed by atoms with Crippen molar-refractivity contribution in [3.05, 3.63) is 0 Å². The Labute approximate surface area is 109 Å². The van der Waals surface area contributed by atoms with Crippen LogP contribution in [0.5, 0.6) is 0 Å². The van der Waals surface area contributed by atoms with Gasteiger partial charge in [-0.15, -0.1) is 0 Å². The number of hydrogen-bond acceptors (Lipinski definition) is 4. The van der Waals surface area contributed by atoms with Crippen LogP contribution in [0.4, 0.5) is 0 Å². The van der Waals surface area contributed by atoms with E-state index in [9.17, 15) is 4.79 Å². The summed E-state index contributed by atoms with van der Waals surface area (Å²) in [6.07, 6.45) is 2.87. The lowest BCUT2D eigenvalue weighted by atomic mass is 10.2. The molecule has 5 nitrogen and oxygen atoms in total. The summed E-state index contributed by atoms with van der Waals surface area (Å²) in [6.45, 7) is 6.61. The second-order valence-electron chi connectivity index (χ2n) is 5.24. The third-order valence-electron chi connectivity index (χ3n) is 3.80. The predicted molar refractivity (Wildman–Crippen MR) is 68.9 cm³/mol. The van der Waals surface area contributed by atoms with Crippen molar-refractivity contribution in [3.63, 3.8) is 0 Å². The molecule has 1 heterocycles. The fourth-order valence-corrected chi connectivity index (χ4v) is 2.30. The SMILES string of the molecule is C[C@@H](C(=O)NC1CC1)N1CCN(CCC#N)CC1. The average molecular weight is 250 g/mol. The van der Waals surface area contributed by atoms with Crippen molar-refractivity contribution < 1.29 is 4.79 Å². The molecule has 1 aliphatic carbocycles. The fourth-order valence-electron chi connectivity index (χ4n) is 2.30. The Bertz CT molecular complexity index is 326. The summed E-state index contributed by atoms with van der Waals surface area (Å²) in [5.41, 5.74) is 0. The minimum Gasteiger partial charge on any atom is -0.352 e. The number of nitriles is 1. The zero-order valence-corrected chi connectivity index (χ0v) is 11.1. The van der Waals surface area contributed by atoms with Crippen molar-refractivity contribution >= 4 is 5.91 Å². The first-order valence-corrected chi connectivity index (χ1v) is 6.84. The van der Waals surface area contributed by atoms with E-state index < -0.39 is 0 Å². The van der Waals surface area contributed by atoms with Gasteiger partial charge in [-0.2, -0.15) is 5.26 Å². The molecule has 2 rings (SSSR count). The van der Waals surface area contributed by atoms with Gasteiger partial charge >= 0.3 is 0 Å². The standard InChI is InChI=1S/C13H22N4O/c1-11(13(18)15-12-3-4-12)17-9-7-16(8-10-17)6-2-5-14/h11-12H,2-4,6-10H2,1H3,(H,15,18)/t11-/m0/s1. The van der Waals surface area contributed by atoms with Gasteiger partial charge in [0.2, 0.25) is 5.91 Å². The highest BCUT2D eigenvalue weighted by Gasteiger charge is 2.29. The van der Waals surface area contributed by atoms with E-state index >= 15 is 0 Å². The van der Waals surface area contributed by atoms with Crippen LogP contribution in [0.3, 0.4) is 0 Å². The van der Waals surface area contributed by atoms with Crippen LogP contribution < -0.4 is 5.32 Å². The minimum absolute atomic E-state index is 0.0243. The Morgan fingerprint density at radius 1 is 1.39 bits per heavy atom. The number of hydrogen-bond donors (Lipinski definition) is 1. The predicted octanol–water partition coefficient (Wildman–Crippen LogP) is 0.185. The van der Waals surface area contributed by atoms with Gasteiger partial charge in [0.15, 0.2) is 0 Å². The molecule has 1 amide bonds. The topological polar surface area (TPSA) is 59.4 Å². The first-order chi connectivity index (χ1) is 8.70. The van der Waals surface area contributed by atoms with E-state index in [0.29, 0.717) is 12.5 Å².